The minimum Gasteiger partial charge on any atom is -0.381 e. The number of anilines is 1. The highest BCUT2D eigenvalue weighted by Gasteiger charge is 2.28. The SMILES string of the molecule is O=S(=O)(Nc1nccc(Cl)n1)C1CCOCC1. The molecule has 0 unspecified atom stereocenters. The van der Waals surface area contributed by atoms with Crippen LogP contribution < -0.4 is 4.72 Å². The third kappa shape index (κ3) is 3.27. The smallest absolute Gasteiger partial charge is 0.238 e. The van der Waals surface area contributed by atoms with Crippen molar-refractivity contribution in [3.05, 3.63) is 17.4 Å². The molecule has 1 N–H and O–H groups in total. The maximum atomic E-state index is 12.0. The summed E-state index contributed by atoms with van der Waals surface area (Å²) in [5, 5.41) is -0.261. The third-order valence-electron chi connectivity index (χ3n) is 2.46. The van der Waals surface area contributed by atoms with Gasteiger partial charge in [-0.2, -0.15) is 0 Å². The van der Waals surface area contributed by atoms with E-state index in [0.29, 0.717) is 26.1 Å². The van der Waals surface area contributed by atoms with Gasteiger partial charge in [-0.05, 0) is 18.9 Å². The standard InChI is InChI=1S/C9H12ClN3O3S/c10-8-1-4-11-9(12-8)13-17(14,15)7-2-5-16-6-3-7/h1,4,7H,2-3,5-6H2,(H,11,12,13). The van der Waals surface area contributed by atoms with E-state index in [4.69, 9.17) is 16.3 Å². The molecule has 17 heavy (non-hydrogen) atoms. The molecule has 1 fully saturated rings. The Bertz CT molecular complexity index is 488. The Balaban J connectivity index is 2.11. The molecule has 0 saturated carbocycles. The van der Waals surface area contributed by atoms with Crippen LogP contribution in [0.4, 0.5) is 5.95 Å². The lowest BCUT2D eigenvalue weighted by Gasteiger charge is -2.22. The Labute approximate surface area is 104 Å². The topological polar surface area (TPSA) is 81.2 Å². The first-order valence-corrected chi connectivity index (χ1v) is 7.08. The molecule has 1 aliphatic rings. The van der Waals surface area contributed by atoms with Crippen LogP contribution in [0.15, 0.2) is 12.3 Å². The Hall–Kier alpha value is -0.920. The van der Waals surface area contributed by atoms with Crippen molar-refractivity contribution in [3.8, 4) is 0 Å². The second-order valence-corrected chi connectivity index (χ2v) is 6.01. The van der Waals surface area contributed by atoms with Crippen LogP contribution in [0.5, 0.6) is 0 Å². The zero-order valence-corrected chi connectivity index (χ0v) is 10.5. The maximum Gasteiger partial charge on any atom is 0.238 e. The van der Waals surface area contributed by atoms with Gasteiger partial charge in [-0.3, -0.25) is 4.72 Å². The van der Waals surface area contributed by atoms with Crippen LogP contribution in [-0.2, 0) is 14.8 Å². The van der Waals surface area contributed by atoms with Crippen molar-refractivity contribution < 1.29 is 13.2 Å². The fourth-order valence-corrected chi connectivity index (χ4v) is 3.05. The van der Waals surface area contributed by atoms with Crippen molar-refractivity contribution >= 4 is 27.6 Å². The minimum atomic E-state index is -3.47. The van der Waals surface area contributed by atoms with E-state index < -0.39 is 15.3 Å². The number of hydrogen-bond donors (Lipinski definition) is 1. The first-order chi connectivity index (χ1) is 8.08. The average Bonchev–Trinajstić information content (AvgIpc) is 2.29. The summed E-state index contributed by atoms with van der Waals surface area (Å²) in [6.07, 6.45) is 2.36. The predicted octanol–water partition coefficient (Wildman–Crippen LogP) is 1.05. The van der Waals surface area contributed by atoms with Gasteiger partial charge in [0.25, 0.3) is 0 Å². The van der Waals surface area contributed by atoms with E-state index in [1.165, 1.54) is 12.3 Å². The van der Waals surface area contributed by atoms with Gasteiger partial charge in [-0.15, -0.1) is 0 Å². The van der Waals surface area contributed by atoms with E-state index in [2.05, 4.69) is 14.7 Å². The summed E-state index contributed by atoms with van der Waals surface area (Å²) in [5.41, 5.74) is 0. The second kappa shape index (κ2) is 5.16. The van der Waals surface area contributed by atoms with Crippen LogP contribution in [0.1, 0.15) is 12.8 Å². The van der Waals surface area contributed by atoms with Gasteiger partial charge >= 0.3 is 0 Å². The highest BCUT2D eigenvalue weighted by molar-refractivity contribution is 7.93. The molecule has 0 bridgehead atoms. The van der Waals surface area contributed by atoms with E-state index in [1.54, 1.807) is 0 Å². The van der Waals surface area contributed by atoms with Crippen LogP contribution >= 0.6 is 11.6 Å². The average molecular weight is 278 g/mol. The van der Waals surface area contributed by atoms with E-state index in [1.807, 2.05) is 0 Å². The predicted molar refractivity (Wildman–Crippen MR) is 63.4 cm³/mol. The fourth-order valence-electron chi connectivity index (χ4n) is 1.58. The third-order valence-corrected chi connectivity index (χ3v) is 4.49. The van der Waals surface area contributed by atoms with E-state index in [0.717, 1.165) is 0 Å². The molecule has 2 heterocycles. The van der Waals surface area contributed by atoms with E-state index >= 15 is 0 Å². The molecule has 0 amide bonds. The highest BCUT2D eigenvalue weighted by Crippen LogP contribution is 2.17. The summed E-state index contributed by atoms with van der Waals surface area (Å²) in [4.78, 5) is 7.59. The summed E-state index contributed by atoms with van der Waals surface area (Å²) in [5.74, 6) is 0.00370. The van der Waals surface area contributed by atoms with Gasteiger partial charge in [-0.25, -0.2) is 18.4 Å². The molecule has 1 saturated heterocycles. The number of ether oxygens (including phenoxy) is 1. The first-order valence-electron chi connectivity index (χ1n) is 5.16. The van der Waals surface area contributed by atoms with Crippen LogP contribution in [0, 0.1) is 0 Å². The molecule has 94 valence electrons. The van der Waals surface area contributed by atoms with Gasteiger partial charge in [0, 0.05) is 19.4 Å². The van der Waals surface area contributed by atoms with Gasteiger partial charge in [0.15, 0.2) is 0 Å². The molecule has 6 nitrogen and oxygen atoms in total. The Morgan fingerprint density at radius 2 is 2.12 bits per heavy atom. The van der Waals surface area contributed by atoms with Crippen molar-refractivity contribution in [2.24, 2.45) is 0 Å². The van der Waals surface area contributed by atoms with E-state index in [-0.39, 0.29) is 11.1 Å². The van der Waals surface area contributed by atoms with Crippen molar-refractivity contribution in [1.29, 1.82) is 0 Å². The summed E-state index contributed by atoms with van der Waals surface area (Å²) in [6, 6.07) is 1.48. The highest BCUT2D eigenvalue weighted by atomic mass is 35.5. The number of nitrogens with zero attached hydrogens (tertiary/aromatic N) is 2. The van der Waals surface area contributed by atoms with Crippen molar-refractivity contribution in [3.63, 3.8) is 0 Å². The second-order valence-electron chi connectivity index (χ2n) is 3.66. The quantitative estimate of drug-likeness (QED) is 0.835. The molecule has 2 rings (SSSR count). The lowest BCUT2D eigenvalue weighted by Crippen LogP contribution is -2.33. The number of halogens is 1. The first kappa shape index (κ1) is 12.5. The molecule has 1 aromatic rings. The normalized spacial score (nSPS) is 17.9. The van der Waals surface area contributed by atoms with Crippen LogP contribution in [-0.4, -0.2) is 36.8 Å². The molecular weight excluding hydrogens is 266 g/mol. The molecular formula is C9H12ClN3O3S. The monoisotopic (exact) mass is 277 g/mol. The summed E-state index contributed by atoms with van der Waals surface area (Å²) in [6.45, 7) is 0.921. The fraction of sp³-hybridized carbons (Fsp3) is 0.556. The largest absolute Gasteiger partial charge is 0.381 e. The Kier molecular flexibility index (Phi) is 3.80. The molecule has 0 aromatic carbocycles. The van der Waals surface area contributed by atoms with Gasteiger partial charge in [0.2, 0.25) is 16.0 Å². The molecule has 1 aromatic heterocycles. The Morgan fingerprint density at radius 1 is 1.41 bits per heavy atom. The number of aromatic nitrogens is 2. The van der Waals surface area contributed by atoms with Gasteiger partial charge in [0.1, 0.15) is 5.15 Å². The summed E-state index contributed by atoms with van der Waals surface area (Å²) >= 11 is 5.65. The maximum absolute atomic E-state index is 12.0. The lowest BCUT2D eigenvalue weighted by molar-refractivity contribution is 0.0984. The molecule has 8 heteroatoms. The van der Waals surface area contributed by atoms with Gasteiger partial charge < -0.3 is 4.74 Å². The van der Waals surface area contributed by atoms with Crippen LogP contribution in [0.25, 0.3) is 0 Å². The van der Waals surface area contributed by atoms with E-state index in [9.17, 15) is 8.42 Å². The number of sulfonamides is 1. The van der Waals surface area contributed by atoms with Crippen molar-refractivity contribution in [1.82, 2.24) is 9.97 Å². The zero-order valence-electron chi connectivity index (χ0n) is 8.97. The molecule has 0 aliphatic carbocycles. The summed E-state index contributed by atoms with van der Waals surface area (Å²) in [7, 11) is -3.47. The van der Waals surface area contributed by atoms with Crippen LogP contribution in [0.3, 0.4) is 0 Å². The van der Waals surface area contributed by atoms with Crippen molar-refractivity contribution in [2.75, 3.05) is 17.9 Å². The molecule has 1 aliphatic heterocycles. The molecule has 0 spiro atoms. The van der Waals surface area contributed by atoms with Crippen molar-refractivity contribution in [2.45, 2.75) is 18.1 Å². The lowest BCUT2D eigenvalue weighted by atomic mass is 10.2. The zero-order chi connectivity index (χ0) is 12.3. The van der Waals surface area contributed by atoms with Gasteiger partial charge in [-0.1, -0.05) is 11.6 Å². The number of nitrogens with one attached hydrogen (secondary N) is 1. The van der Waals surface area contributed by atoms with Gasteiger partial charge in [0.05, 0.1) is 5.25 Å². The Morgan fingerprint density at radius 3 is 2.76 bits per heavy atom. The molecule has 0 atom stereocenters. The number of rotatable bonds is 3. The minimum absolute atomic E-state index is 0.00370. The van der Waals surface area contributed by atoms with Crippen LogP contribution in [0.2, 0.25) is 5.15 Å². The molecule has 0 radical (unpaired) electrons. The number of hydrogen-bond acceptors (Lipinski definition) is 5. The summed E-state index contributed by atoms with van der Waals surface area (Å²) < 4.78 is 31.4.